The maximum atomic E-state index is 11.8. The third-order valence-corrected chi connectivity index (χ3v) is 4.25. The predicted octanol–water partition coefficient (Wildman–Crippen LogP) is 0.413. The molecule has 1 aromatic rings. The highest BCUT2D eigenvalue weighted by molar-refractivity contribution is 7.99. The van der Waals surface area contributed by atoms with Crippen LogP contribution >= 0.6 is 23.4 Å². The van der Waals surface area contributed by atoms with Gasteiger partial charge in [-0.3, -0.25) is 4.79 Å². The first-order valence-corrected chi connectivity index (χ1v) is 7.48. The number of aromatic nitrogens is 2. The third-order valence-electron chi connectivity index (χ3n) is 2.72. The Bertz CT molecular complexity index is 465. The number of nitrogens with one attached hydrogen (secondary N) is 1. The summed E-state index contributed by atoms with van der Waals surface area (Å²) in [6.07, 6.45) is 3.35. The number of halogens is 1. The zero-order valence-electron chi connectivity index (χ0n) is 10.8. The van der Waals surface area contributed by atoms with Gasteiger partial charge in [-0.15, -0.1) is 0 Å². The van der Waals surface area contributed by atoms with Gasteiger partial charge in [0.15, 0.2) is 0 Å². The topological polar surface area (TPSA) is 87.4 Å². The number of nitrogens with zero attached hydrogens (tertiary/aromatic N) is 2. The SMILES string of the molecule is CSC(CO)C(C)Nc1cnn(CCO)c(=O)c1Cl. The lowest BCUT2D eigenvalue weighted by molar-refractivity contribution is 0.266. The molecule has 0 fully saturated rings. The molecular formula is C11H18ClN3O3S. The van der Waals surface area contributed by atoms with Gasteiger partial charge < -0.3 is 15.5 Å². The van der Waals surface area contributed by atoms with Crippen molar-refractivity contribution in [3.05, 3.63) is 21.6 Å². The van der Waals surface area contributed by atoms with Crippen LogP contribution in [0.25, 0.3) is 0 Å². The van der Waals surface area contributed by atoms with E-state index in [1.54, 1.807) is 0 Å². The molecule has 2 atom stereocenters. The molecule has 0 saturated heterocycles. The van der Waals surface area contributed by atoms with Crippen molar-refractivity contribution in [2.75, 3.05) is 24.8 Å². The molecule has 6 nitrogen and oxygen atoms in total. The molecule has 0 aliphatic heterocycles. The van der Waals surface area contributed by atoms with E-state index in [-0.39, 0.29) is 36.1 Å². The smallest absolute Gasteiger partial charge is 0.287 e. The fraction of sp³-hybridized carbons (Fsp3) is 0.636. The van der Waals surface area contributed by atoms with Crippen LogP contribution in [0.1, 0.15) is 6.92 Å². The molecule has 108 valence electrons. The molecule has 3 N–H and O–H groups in total. The van der Waals surface area contributed by atoms with E-state index in [2.05, 4.69) is 10.4 Å². The normalized spacial score (nSPS) is 14.2. The number of thioether (sulfide) groups is 1. The molecule has 1 aromatic heterocycles. The van der Waals surface area contributed by atoms with Crippen molar-refractivity contribution in [2.24, 2.45) is 0 Å². The molecule has 0 radical (unpaired) electrons. The van der Waals surface area contributed by atoms with Crippen LogP contribution in [0.4, 0.5) is 5.69 Å². The second kappa shape index (κ2) is 7.74. The van der Waals surface area contributed by atoms with Gasteiger partial charge in [-0.1, -0.05) is 11.6 Å². The van der Waals surface area contributed by atoms with E-state index < -0.39 is 5.56 Å². The van der Waals surface area contributed by atoms with Crippen molar-refractivity contribution in [1.29, 1.82) is 0 Å². The molecule has 8 heteroatoms. The number of rotatable bonds is 7. The molecule has 19 heavy (non-hydrogen) atoms. The van der Waals surface area contributed by atoms with Crippen LogP contribution in [0.2, 0.25) is 5.02 Å². The first-order chi connectivity index (χ1) is 9.04. The van der Waals surface area contributed by atoms with E-state index in [4.69, 9.17) is 16.7 Å². The van der Waals surface area contributed by atoms with Gasteiger partial charge in [0.1, 0.15) is 5.02 Å². The lowest BCUT2D eigenvalue weighted by atomic mass is 10.2. The molecule has 0 bridgehead atoms. The fourth-order valence-electron chi connectivity index (χ4n) is 1.59. The summed E-state index contributed by atoms with van der Waals surface area (Å²) in [7, 11) is 0. The van der Waals surface area contributed by atoms with Crippen LogP contribution in [0.15, 0.2) is 11.0 Å². The van der Waals surface area contributed by atoms with E-state index in [0.29, 0.717) is 5.69 Å². The Morgan fingerprint density at radius 2 is 2.26 bits per heavy atom. The Morgan fingerprint density at radius 1 is 1.58 bits per heavy atom. The molecule has 0 saturated carbocycles. The van der Waals surface area contributed by atoms with Gasteiger partial charge in [-0.25, -0.2) is 4.68 Å². The molecule has 0 aromatic carbocycles. The van der Waals surface area contributed by atoms with Crippen molar-refractivity contribution in [3.63, 3.8) is 0 Å². The maximum absolute atomic E-state index is 11.8. The summed E-state index contributed by atoms with van der Waals surface area (Å²) < 4.78 is 1.11. The molecule has 1 heterocycles. The van der Waals surface area contributed by atoms with E-state index >= 15 is 0 Å². The van der Waals surface area contributed by atoms with E-state index in [0.717, 1.165) is 4.68 Å². The summed E-state index contributed by atoms with van der Waals surface area (Å²) in [4.78, 5) is 11.8. The van der Waals surface area contributed by atoms with Crippen LogP contribution in [0, 0.1) is 0 Å². The summed E-state index contributed by atoms with van der Waals surface area (Å²) >= 11 is 7.51. The average Bonchev–Trinajstić information content (AvgIpc) is 2.40. The van der Waals surface area contributed by atoms with Crippen LogP contribution in [0.3, 0.4) is 0 Å². The maximum Gasteiger partial charge on any atom is 0.287 e. The van der Waals surface area contributed by atoms with Crippen molar-refractivity contribution >= 4 is 29.1 Å². The van der Waals surface area contributed by atoms with Crippen LogP contribution in [-0.4, -0.2) is 50.8 Å². The van der Waals surface area contributed by atoms with Crippen LogP contribution in [0.5, 0.6) is 0 Å². The molecule has 2 unspecified atom stereocenters. The van der Waals surface area contributed by atoms with Crippen molar-refractivity contribution in [2.45, 2.75) is 24.8 Å². The Morgan fingerprint density at radius 3 is 2.79 bits per heavy atom. The van der Waals surface area contributed by atoms with Gasteiger partial charge in [0.2, 0.25) is 0 Å². The van der Waals surface area contributed by atoms with Crippen LogP contribution in [-0.2, 0) is 6.54 Å². The summed E-state index contributed by atoms with van der Waals surface area (Å²) in [5, 5.41) is 25.0. The highest BCUT2D eigenvalue weighted by Crippen LogP contribution is 2.20. The van der Waals surface area contributed by atoms with E-state index in [1.807, 2.05) is 13.2 Å². The monoisotopic (exact) mass is 307 g/mol. The summed E-state index contributed by atoms with van der Waals surface area (Å²) in [5.74, 6) is 0. The predicted molar refractivity (Wildman–Crippen MR) is 78.1 cm³/mol. The Kier molecular flexibility index (Phi) is 6.64. The first kappa shape index (κ1) is 16.3. The van der Waals surface area contributed by atoms with Gasteiger partial charge in [0, 0.05) is 11.3 Å². The Balaban J connectivity index is 2.91. The number of hydrogen-bond donors (Lipinski definition) is 3. The standard InChI is InChI=1S/C11H18ClN3O3S/c1-7(9(6-17)19-2)14-8-5-13-15(3-4-16)11(18)10(8)12/h5,7,9,14,16-17H,3-4,6H2,1-2H3. The van der Waals surface area contributed by atoms with Crippen molar-refractivity contribution in [1.82, 2.24) is 9.78 Å². The minimum absolute atomic E-state index is 0.00376. The second-order valence-corrected chi connectivity index (χ2v) is 5.47. The van der Waals surface area contributed by atoms with E-state index in [1.165, 1.54) is 18.0 Å². The minimum atomic E-state index is -0.447. The third kappa shape index (κ3) is 4.10. The van der Waals surface area contributed by atoms with Crippen molar-refractivity contribution < 1.29 is 10.2 Å². The van der Waals surface area contributed by atoms with Gasteiger partial charge in [0.25, 0.3) is 5.56 Å². The fourth-order valence-corrected chi connectivity index (χ4v) is 2.42. The Hall–Kier alpha value is -0.760. The van der Waals surface area contributed by atoms with Gasteiger partial charge in [0.05, 0.1) is 31.6 Å². The lowest BCUT2D eigenvalue weighted by Gasteiger charge is -2.22. The van der Waals surface area contributed by atoms with Gasteiger partial charge >= 0.3 is 0 Å². The van der Waals surface area contributed by atoms with Crippen molar-refractivity contribution in [3.8, 4) is 0 Å². The van der Waals surface area contributed by atoms with Crippen LogP contribution < -0.4 is 10.9 Å². The summed E-state index contributed by atoms with van der Waals surface area (Å²) in [6, 6.07) is -0.0626. The summed E-state index contributed by atoms with van der Waals surface area (Å²) in [6.45, 7) is 1.86. The largest absolute Gasteiger partial charge is 0.395 e. The van der Waals surface area contributed by atoms with Gasteiger partial charge in [-0.05, 0) is 13.2 Å². The number of anilines is 1. The molecule has 1 rings (SSSR count). The molecule has 0 aliphatic rings. The molecule has 0 spiro atoms. The molecule has 0 amide bonds. The zero-order chi connectivity index (χ0) is 14.4. The second-order valence-electron chi connectivity index (χ2n) is 4.01. The number of hydrogen-bond acceptors (Lipinski definition) is 6. The molecule has 0 aliphatic carbocycles. The average molecular weight is 308 g/mol. The van der Waals surface area contributed by atoms with E-state index in [9.17, 15) is 9.90 Å². The first-order valence-electron chi connectivity index (χ1n) is 5.81. The molecular weight excluding hydrogens is 290 g/mol. The number of aliphatic hydroxyl groups is 2. The highest BCUT2D eigenvalue weighted by Gasteiger charge is 2.17. The summed E-state index contributed by atoms with van der Waals surface area (Å²) in [5.41, 5.74) is -0.0153. The zero-order valence-corrected chi connectivity index (χ0v) is 12.4. The quantitative estimate of drug-likeness (QED) is 0.676. The number of aliphatic hydroxyl groups excluding tert-OH is 2. The minimum Gasteiger partial charge on any atom is -0.395 e. The Labute approximate surface area is 120 Å². The van der Waals surface area contributed by atoms with Gasteiger partial charge in [-0.2, -0.15) is 16.9 Å². The highest BCUT2D eigenvalue weighted by atomic mass is 35.5. The lowest BCUT2D eigenvalue weighted by Crippen LogP contribution is -2.33.